The lowest BCUT2D eigenvalue weighted by atomic mass is 10.1. The van der Waals surface area contributed by atoms with Crippen LogP contribution in [-0.4, -0.2) is 27.9 Å². The number of hydrogen-bond donors (Lipinski definition) is 2. The van der Waals surface area contributed by atoms with Gasteiger partial charge >= 0.3 is 12.2 Å². The third-order valence-electron chi connectivity index (χ3n) is 5.17. The standard InChI is InChI=1S/C22H25F3N6O2/c1-13-6-5-7-18(31(27)21(32)29(3)26)16(13)12-33-19-9-8-15(10-14(19)2)17-11-20(22(23,24)25)30(4)28-17/h5-11H,12,26-27H2,1-4H3. The second-order valence-electron chi connectivity index (χ2n) is 7.64. The third-order valence-corrected chi connectivity index (χ3v) is 5.17. The number of rotatable bonds is 5. The first-order valence-electron chi connectivity index (χ1n) is 9.91. The van der Waals surface area contributed by atoms with Crippen LogP contribution in [0, 0.1) is 13.8 Å². The van der Waals surface area contributed by atoms with Gasteiger partial charge in [-0.15, -0.1) is 0 Å². The van der Waals surface area contributed by atoms with Crippen molar-refractivity contribution in [3.63, 3.8) is 0 Å². The number of aryl methyl sites for hydroxylation is 3. The zero-order chi connectivity index (χ0) is 24.5. The van der Waals surface area contributed by atoms with Gasteiger partial charge in [0.15, 0.2) is 0 Å². The van der Waals surface area contributed by atoms with Crippen molar-refractivity contribution in [3.8, 4) is 17.0 Å². The van der Waals surface area contributed by atoms with Crippen LogP contribution in [0.15, 0.2) is 42.5 Å². The highest BCUT2D eigenvalue weighted by Gasteiger charge is 2.35. The minimum atomic E-state index is -4.49. The zero-order valence-electron chi connectivity index (χ0n) is 18.6. The van der Waals surface area contributed by atoms with Crippen molar-refractivity contribution in [1.29, 1.82) is 0 Å². The molecule has 4 N–H and O–H groups in total. The molecule has 176 valence electrons. The third kappa shape index (κ3) is 5.10. The number of alkyl halides is 3. The van der Waals surface area contributed by atoms with Crippen molar-refractivity contribution in [2.75, 3.05) is 12.1 Å². The maximum absolute atomic E-state index is 13.1. The fourth-order valence-corrected chi connectivity index (χ4v) is 3.37. The second-order valence-corrected chi connectivity index (χ2v) is 7.64. The molecular formula is C22H25F3N6O2. The first kappa shape index (κ1) is 24.1. The molecule has 3 aromatic rings. The van der Waals surface area contributed by atoms with Gasteiger partial charge in [-0.25, -0.2) is 21.5 Å². The minimum Gasteiger partial charge on any atom is -0.489 e. The van der Waals surface area contributed by atoms with E-state index in [-0.39, 0.29) is 12.3 Å². The Morgan fingerprint density at radius 1 is 1.12 bits per heavy atom. The molecule has 2 aromatic carbocycles. The van der Waals surface area contributed by atoms with Gasteiger partial charge in [0.05, 0.1) is 11.4 Å². The van der Waals surface area contributed by atoms with Crippen molar-refractivity contribution < 1.29 is 22.7 Å². The molecule has 3 rings (SSSR count). The van der Waals surface area contributed by atoms with Crippen molar-refractivity contribution >= 4 is 11.7 Å². The van der Waals surface area contributed by atoms with Crippen molar-refractivity contribution in [3.05, 3.63) is 64.8 Å². The molecule has 8 nitrogen and oxygen atoms in total. The quantitative estimate of drug-likeness (QED) is 0.340. The number of anilines is 1. The van der Waals surface area contributed by atoms with Gasteiger partial charge in [0.1, 0.15) is 18.1 Å². The van der Waals surface area contributed by atoms with Crippen LogP contribution in [0.1, 0.15) is 22.4 Å². The summed E-state index contributed by atoms with van der Waals surface area (Å²) < 4.78 is 46.0. The predicted octanol–water partition coefficient (Wildman–Crippen LogP) is 3.91. The fraction of sp³-hybridized carbons (Fsp3) is 0.273. The Bertz CT molecular complexity index is 1170. The topological polar surface area (TPSA) is 103 Å². The number of carbonyl (C=O) groups is 1. The second kappa shape index (κ2) is 9.12. The number of hydrazine groups is 2. The van der Waals surface area contributed by atoms with Gasteiger partial charge in [0, 0.05) is 25.2 Å². The van der Waals surface area contributed by atoms with E-state index in [0.717, 1.165) is 26.3 Å². The molecule has 0 bridgehead atoms. The molecule has 1 heterocycles. The summed E-state index contributed by atoms with van der Waals surface area (Å²) in [5.74, 6) is 12.0. The van der Waals surface area contributed by atoms with Crippen LogP contribution in [0.4, 0.5) is 23.7 Å². The van der Waals surface area contributed by atoms with Gasteiger partial charge < -0.3 is 4.74 Å². The zero-order valence-corrected chi connectivity index (χ0v) is 18.6. The molecule has 0 fully saturated rings. The Morgan fingerprint density at radius 2 is 1.82 bits per heavy atom. The van der Waals surface area contributed by atoms with E-state index in [4.69, 9.17) is 16.4 Å². The number of ether oxygens (including phenoxy) is 1. The van der Waals surface area contributed by atoms with Gasteiger partial charge in [-0.1, -0.05) is 12.1 Å². The van der Waals surface area contributed by atoms with E-state index in [9.17, 15) is 18.0 Å². The predicted molar refractivity (Wildman–Crippen MR) is 118 cm³/mol. The molecule has 11 heteroatoms. The number of nitrogens with zero attached hydrogens (tertiary/aromatic N) is 4. The Balaban J connectivity index is 1.84. The maximum atomic E-state index is 13.1. The molecule has 0 atom stereocenters. The molecule has 0 aliphatic heterocycles. The average Bonchev–Trinajstić information content (AvgIpc) is 3.14. The van der Waals surface area contributed by atoms with Crippen LogP contribution in [0.3, 0.4) is 0 Å². The van der Waals surface area contributed by atoms with Gasteiger partial charge in [0.2, 0.25) is 0 Å². The summed E-state index contributed by atoms with van der Waals surface area (Å²) in [6.07, 6.45) is -4.49. The highest BCUT2D eigenvalue weighted by atomic mass is 19.4. The maximum Gasteiger partial charge on any atom is 0.433 e. The molecule has 0 saturated heterocycles. The highest BCUT2D eigenvalue weighted by Crippen LogP contribution is 2.33. The van der Waals surface area contributed by atoms with Crippen LogP contribution >= 0.6 is 0 Å². The molecule has 0 saturated carbocycles. The molecule has 0 unspecified atom stereocenters. The number of nitrogens with two attached hydrogens (primary N) is 2. The fourth-order valence-electron chi connectivity index (χ4n) is 3.37. The lowest BCUT2D eigenvalue weighted by Crippen LogP contribution is -2.49. The number of aromatic nitrogens is 2. The highest BCUT2D eigenvalue weighted by molar-refractivity contribution is 5.91. The normalized spacial score (nSPS) is 11.4. The molecule has 0 radical (unpaired) electrons. The van der Waals surface area contributed by atoms with Crippen LogP contribution in [0.5, 0.6) is 5.75 Å². The molecule has 0 aliphatic rings. The number of carbonyl (C=O) groups excluding carboxylic acids is 1. The summed E-state index contributed by atoms with van der Waals surface area (Å²) in [5, 5.41) is 5.79. The summed E-state index contributed by atoms with van der Waals surface area (Å²) in [6, 6.07) is 10.7. The van der Waals surface area contributed by atoms with Crippen LogP contribution < -0.4 is 21.4 Å². The van der Waals surface area contributed by atoms with E-state index >= 15 is 0 Å². The van der Waals surface area contributed by atoms with Crippen LogP contribution in [0.2, 0.25) is 0 Å². The number of urea groups is 1. The minimum absolute atomic E-state index is 0.110. The summed E-state index contributed by atoms with van der Waals surface area (Å²) in [6.45, 7) is 3.76. The van der Waals surface area contributed by atoms with E-state index in [0.29, 0.717) is 28.1 Å². The molecule has 2 amide bonds. The van der Waals surface area contributed by atoms with Gasteiger partial charge in [-0.05, 0) is 55.3 Å². The number of halogens is 3. The summed E-state index contributed by atoms with van der Waals surface area (Å²) in [4.78, 5) is 12.2. The van der Waals surface area contributed by atoms with E-state index in [1.165, 1.54) is 14.1 Å². The van der Waals surface area contributed by atoms with E-state index in [2.05, 4.69) is 5.10 Å². The molecular weight excluding hydrogens is 437 g/mol. The number of hydrogen-bond acceptors (Lipinski definition) is 5. The summed E-state index contributed by atoms with van der Waals surface area (Å²) in [7, 11) is 2.64. The molecule has 0 spiro atoms. The Hall–Kier alpha value is -3.57. The molecule has 1 aromatic heterocycles. The number of benzene rings is 2. The Kier molecular flexibility index (Phi) is 6.65. The van der Waals surface area contributed by atoms with Crippen molar-refractivity contribution in [1.82, 2.24) is 14.8 Å². The first-order chi connectivity index (χ1) is 15.4. The molecule has 33 heavy (non-hydrogen) atoms. The monoisotopic (exact) mass is 462 g/mol. The van der Waals surface area contributed by atoms with Crippen LogP contribution in [-0.2, 0) is 19.8 Å². The van der Waals surface area contributed by atoms with E-state index in [1.54, 1.807) is 37.3 Å². The first-order valence-corrected chi connectivity index (χ1v) is 9.91. The molecule has 0 aliphatic carbocycles. The average molecular weight is 462 g/mol. The largest absolute Gasteiger partial charge is 0.489 e. The van der Waals surface area contributed by atoms with Crippen molar-refractivity contribution in [2.45, 2.75) is 26.6 Å². The van der Waals surface area contributed by atoms with Crippen LogP contribution in [0.25, 0.3) is 11.3 Å². The Labute approximate surface area is 189 Å². The van der Waals surface area contributed by atoms with E-state index in [1.807, 2.05) is 13.0 Å². The summed E-state index contributed by atoms with van der Waals surface area (Å²) >= 11 is 0. The lowest BCUT2D eigenvalue weighted by Gasteiger charge is -2.24. The smallest absolute Gasteiger partial charge is 0.433 e. The lowest BCUT2D eigenvalue weighted by molar-refractivity contribution is -0.143. The number of amides is 2. The van der Waals surface area contributed by atoms with Gasteiger partial charge in [0.25, 0.3) is 0 Å². The summed E-state index contributed by atoms with van der Waals surface area (Å²) in [5.41, 5.74) is 2.63. The van der Waals surface area contributed by atoms with Gasteiger partial charge in [-0.3, -0.25) is 9.69 Å². The SMILES string of the molecule is Cc1cc(-c2cc(C(F)(F)F)n(C)n2)ccc1OCc1c(C)cccc1N(N)C(=O)N(C)N. The van der Waals surface area contributed by atoms with Gasteiger partial charge in [-0.2, -0.15) is 18.3 Å². The van der Waals surface area contributed by atoms with Crippen molar-refractivity contribution in [2.24, 2.45) is 18.7 Å². The Morgan fingerprint density at radius 3 is 2.39 bits per heavy atom. The van der Waals surface area contributed by atoms with E-state index < -0.39 is 17.9 Å².